The van der Waals surface area contributed by atoms with Gasteiger partial charge in [0.1, 0.15) is 115 Å². The lowest BCUT2D eigenvalue weighted by molar-refractivity contribution is -0.223. The summed E-state index contributed by atoms with van der Waals surface area (Å²) in [5, 5.41) is 92.8. The highest BCUT2D eigenvalue weighted by Gasteiger charge is 2.59. The Kier molecular flexibility index (Phi) is 41.6. The van der Waals surface area contributed by atoms with Crippen molar-refractivity contribution in [3.05, 3.63) is 49.6 Å². The Morgan fingerprint density at radius 1 is 0.536 bits per heavy atom. The molecular formula is C75H126Br7O29P. The molecule has 3 aliphatic carbocycles. The number of aliphatic hydroxyl groups excluding tert-OH is 9. The number of carbonyl (C=O) groups is 2. The molecule has 10 fully saturated rings. The lowest BCUT2D eigenvalue weighted by Gasteiger charge is -2.29. The van der Waals surface area contributed by atoms with E-state index in [4.69, 9.17) is 103 Å². The Morgan fingerprint density at radius 3 is 1.41 bits per heavy atom. The topological polar surface area (TPSA) is 393 Å². The number of rotatable bonds is 12. The third kappa shape index (κ3) is 27.6. The Morgan fingerprint density at radius 2 is 0.955 bits per heavy atom. The molecule has 29 nitrogen and oxygen atoms in total. The summed E-state index contributed by atoms with van der Waals surface area (Å²) in [5.74, 6) is -4.38. The number of ketones is 2. The maximum absolute atomic E-state index is 11.7. The number of aliphatic hydroxyl groups is 10. The van der Waals surface area contributed by atoms with Gasteiger partial charge >= 0.3 is 0 Å². The molecule has 10 heterocycles. The van der Waals surface area contributed by atoms with Crippen molar-refractivity contribution in [3.8, 4) is 0 Å². The van der Waals surface area contributed by atoms with Gasteiger partial charge in [-0.25, -0.2) is 0 Å². The summed E-state index contributed by atoms with van der Waals surface area (Å²) >= 11 is 23.1. The first-order valence-electron chi connectivity index (χ1n) is 37.2. The molecule has 0 aromatic carbocycles. The summed E-state index contributed by atoms with van der Waals surface area (Å²) in [6.45, 7) is 38.7. The van der Waals surface area contributed by atoms with Crippen LogP contribution in [0.5, 0.6) is 0 Å². The zero-order chi connectivity index (χ0) is 84.6. The van der Waals surface area contributed by atoms with Crippen LogP contribution >= 0.6 is 121 Å². The summed E-state index contributed by atoms with van der Waals surface area (Å²) < 4.78 is 103. The normalized spacial score (nSPS) is 38.9. The van der Waals surface area contributed by atoms with Crippen molar-refractivity contribution in [2.75, 3.05) is 19.9 Å². The Hall–Kier alpha value is 0.750. The molecule has 0 bridgehead atoms. The van der Waals surface area contributed by atoms with E-state index in [1.54, 1.807) is 33.8 Å². The van der Waals surface area contributed by atoms with E-state index in [1.165, 1.54) is 0 Å². The van der Waals surface area contributed by atoms with E-state index in [0.29, 0.717) is 32.9 Å². The van der Waals surface area contributed by atoms with Gasteiger partial charge in [0.15, 0.2) is 71.3 Å². The smallest absolute Gasteiger partial charge is 0.201 e. The summed E-state index contributed by atoms with van der Waals surface area (Å²) in [6, 6.07) is 0. The number of carbonyl (C=O) groups excluding carboxylic acids is 2. The Bertz CT molecular complexity index is 3150. The van der Waals surface area contributed by atoms with Crippen LogP contribution in [0.25, 0.3) is 0 Å². The summed E-state index contributed by atoms with van der Waals surface area (Å²) in [5.41, 5.74) is 1.22. The molecule has 1 unspecified atom stereocenters. The minimum absolute atomic E-state index is 0. The molecule has 26 atom stereocenters. The second-order valence-electron chi connectivity index (χ2n) is 30.4. The highest BCUT2D eigenvalue weighted by Crippen LogP contribution is 2.49. The zero-order valence-corrected chi connectivity index (χ0v) is 78.2. The first-order valence-corrected chi connectivity index (χ1v) is 43.2. The van der Waals surface area contributed by atoms with Crippen LogP contribution in [0.4, 0.5) is 0 Å². The minimum Gasteiger partial charge on any atom is -0.394 e. The fraction of sp³-hybridized carbons (Fsp3) is 0.840. The van der Waals surface area contributed by atoms with Crippen molar-refractivity contribution in [3.63, 3.8) is 0 Å². The average Bonchev–Trinajstić information content (AvgIpc) is 1.61. The Labute approximate surface area is 723 Å². The molecule has 37 heteroatoms. The first kappa shape index (κ1) is 105. The van der Waals surface area contributed by atoms with Gasteiger partial charge in [0, 0.05) is 15.4 Å². The zero-order valence-electron chi connectivity index (χ0n) is 67.1. The van der Waals surface area contributed by atoms with E-state index in [1.807, 2.05) is 123 Å². The second-order valence-corrected chi connectivity index (χ2v) is 38.5. The summed E-state index contributed by atoms with van der Waals surface area (Å²) in [7, 11) is 0.333. The van der Waals surface area contributed by atoms with Gasteiger partial charge in [-0.1, -0.05) is 94.9 Å². The number of halogens is 7. The van der Waals surface area contributed by atoms with E-state index >= 15 is 0 Å². The van der Waals surface area contributed by atoms with Gasteiger partial charge in [0.2, 0.25) is 5.78 Å². The standard InChI is InChI=1S/C10H16Br2O3.C10H14Br2O3.2C10H15BrO3.C10H13BrO3.C9H16O4.C8H14O5.C5H10O5.CH5P.2CH4/c2*1-4-6(13)9-7(5-8(11)12)14-10(2,3)15-9;1-4-10(12)7(11)5-6-8(10)14-9(2,3)13-6;2*1-4-5-6(11)7(12)9-8(5)13-10(2,3)14-9;1-4-5-6-7(8(10)11-5)13-9(2,3)12-6;1-8(2)12-5-4(3-9)11-7(10)6(5)13-8;6-1-2-3(7)4(8)5(9)10-2;1-2;;/h5-7,9,13H,4H2,1-3H3;5,7,9H,4H2,1-3H3;5-6,8,12H,4H2,1-3H3;7-9,12H,4H2,1-3H3;8-9H,4H2,1-3H3;5-8,10H,4H2,1-3H3;4-7,9-10H,3H2,1-2H3;2-9H,1H2;2H2,1H3;2*1H4/t6-,7+,9-;7-,9+;6-,8-,10-;7-,8+,9-;8-,9+;5-,6-,7-,8-;4-,5-,6-,7-;2-,3-,4-,5-;;;/m01110000.../s1/i;;;;;;;;2D;;. The quantitative estimate of drug-likeness (QED) is 0.0811. The first-order chi connectivity index (χ1) is 51.2. The predicted molar refractivity (Wildman–Crippen MR) is 444 cm³/mol. The third-order valence-electron chi connectivity index (χ3n) is 18.9. The molecule has 112 heavy (non-hydrogen) atoms. The molecule has 10 aliphatic heterocycles. The SMILES string of the molecule is C.C.CC1(C)O[C@@H]2[C@H](O1)[C@@H](O)O[C@H]2CO.CCC(=O)[C@@H]1OC(C)(C)O[C@@H]1C=C(Br)Br.CCC1=C(Br)C(=O)[C@H]2OC(C)(C)O[C@@H]12.CCC1=C(Br)[C@@H](O)[C@H]2OC(C)(C)O[C@@H]12.CC[C@@H]1O[C@H](O)[C@H]2OC(C)(C)O[C@H]21.CC[C@@]1(O)C(Br)=C[C@H]2OC(C)(C)O[C@H]21.CC[C@H](O)[C@@H]1OC(C)(C)O[C@@H]1C=C(Br)Br.OC[C@@H]1O[C@H](O)[C@@H](O)[C@H]1O.[2H]PC. The molecule has 0 aromatic rings. The molecule has 10 N–H and O–H groups in total. The van der Waals surface area contributed by atoms with Crippen molar-refractivity contribution in [2.24, 2.45) is 0 Å². The molecular weight excluding hydrogens is 1960 g/mol. The van der Waals surface area contributed by atoms with Crippen LogP contribution in [-0.4, -0.2) is 277 Å². The van der Waals surface area contributed by atoms with Gasteiger partial charge in [0.05, 0.1) is 38.0 Å². The Balaban J connectivity index is 0.000000332. The molecule has 0 radical (unpaired) electrons. The molecule has 0 aromatic heterocycles. The van der Waals surface area contributed by atoms with Crippen LogP contribution in [0.1, 0.15) is 192 Å². The molecule has 13 aliphatic rings. The minimum atomic E-state index is -1.38. The van der Waals surface area contributed by atoms with Gasteiger partial charge in [-0.15, -0.1) is 9.18 Å². The predicted octanol–water partition coefficient (Wildman–Crippen LogP) is 11.1. The number of fused-ring (bicyclic) bond motifs is 5. The summed E-state index contributed by atoms with van der Waals surface area (Å²) in [4.78, 5) is 23.4. The average molecular weight is 2080 g/mol. The molecule has 0 amide bonds. The van der Waals surface area contributed by atoms with Crippen molar-refractivity contribution < 1.29 is 141 Å². The maximum Gasteiger partial charge on any atom is 0.201 e. The van der Waals surface area contributed by atoms with Crippen molar-refractivity contribution in [1.29, 1.82) is 1.28 Å². The number of Topliss-reactive ketones (excluding diaryl/α,β-unsaturated/α-hetero) is 2. The van der Waals surface area contributed by atoms with Crippen molar-refractivity contribution in [1.82, 2.24) is 0 Å². The molecule has 654 valence electrons. The van der Waals surface area contributed by atoms with E-state index in [0.717, 1.165) is 46.2 Å². The summed E-state index contributed by atoms with van der Waals surface area (Å²) in [6.07, 6.45) is -2.46. The van der Waals surface area contributed by atoms with Crippen LogP contribution in [-0.2, 0) is 90.1 Å². The lowest BCUT2D eigenvalue weighted by atomic mass is 9.97. The van der Waals surface area contributed by atoms with E-state index in [9.17, 15) is 35.1 Å². The monoisotopic (exact) mass is 2080 g/mol. The van der Waals surface area contributed by atoms with Crippen LogP contribution in [0.3, 0.4) is 0 Å². The number of hydrogen-bond acceptors (Lipinski definition) is 29. The van der Waals surface area contributed by atoms with Gasteiger partial charge in [-0.2, -0.15) is 0 Å². The van der Waals surface area contributed by atoms with Gasteiger partial charge in [0.25, 0.3) is 0 Å². The van der Waals surface area contributed by atoms with Crippen molar-refractivity contribution in [2.45, 2.75) is 385 Å². The van der Waals surface area contributed by atoms with E-state index in [2.05, 4.69) is 123 Å². The molecule has 0 saturated carbocycles. The van der Waals surface area contributed by atoms with Crippen LogP contribution in [0.15, 0.2) is 49.6 Å². The number of ether oxygens (including phenoxy) is 17. The van der Waals surface area contributed by atoms with E-state index in [-0.39, 0.29) is 106 Å². The molecule has 0 spiro atoms. The lowest BCUT2D eigenvalue weighted by Crippen LogP contribution is -2.43. The largest absolute Gasteiger partial charge is 0.394 e. The van der Waals surface area contributed by atoms with Crippen molar-refractivity contribution >= 4 is 132 Å². The highest BCUT2D eigenvalue weighted by atomic mass is 79.9. The van der Waals surface area contributed by atoms with Gasteiger partial charge in [-0.3, -0.25) is 9.59 Å². The second kappa shape index (κ2) is 44.4. The fourth-order valence-electron chi connectivity index (χ4n) is 13.9. The third-order valence-corrected chi connectivity index (χ3v) is 22.7. The maximum atomic E-state index is 11.7. The highest BCUT2D eigenvalue weighted by molar-refractivity contribution is 9.28. The van der Waals surface area contributed by atoms with Crippen LogP contribution < -0.4 is 0 Å². The van der Waals surface area contributed by atoms with Gasteiger partial charge in [-0.05, 0) is 238 Å². The molecule has 13 rings (SSSR count). The van der Waals surface area contributed by atoms with Crippen LogP contribution in [0.2, 0.25) is 0 Å². The number of hydrogen-bond donors (Lipinski definition) is 10. The molecule has 10 saturated heterocycles. The fourth-order valence-corrected chi connectivity index (χ4v) is 17.2. The van der Waals surface area contributed by atoms with Crippen LogP contribution in [0, 0.1) is 0 Å². The van der Waals surface area contributed by atoms with E-state index < -0.39 is 127 Å². The van der Waals surface area contributed by atoms with Gasteiger partial charge < -0.3 is 132 Å².